The van der Waals surface area contributed by atoms with Gasteiger partial charge in [-0.15, -0.1) is 0 Å². The van der Waals surface area contributed by atoms with E-state index >= 15 is 0 Å². The van der Waals surface area contributed by atoms with Gasteiger partial charge in [0.2, 0.25) is 5.88 Å². The van der Waals surface area contributed by atoms with Crippen molar-refractivity contribution in [2.75, 3.05) is 7.11 Å². The Morgan fingerprint density at radius 3 is 2.82 bits per heavy atom. The Balaban J connectivity index is 1.80. The highest BCUT2D eigenvalue weighted by Crippen LogP contribution is 2.63. The Labute approximate surface area is 131 Å². The highest BCUT2D eigenvalue weighted by atomic mass is 16.5. The number of rotatable bonds is 3. The maximum Gasteiger partial charge on any atom is 0.276 e. The Morgan fingerprint density at radius 2 is 2.23 bits per heavy atom. The summed E-state index contributed by atoms with van der Waals surface area (Å²) in [5, 5.41) is 4.46. The smallest absolute Gasteiger partial charge is 0.276 e. The van der Waals surface area contributed by atoms with Crippen LogP contribution in [0.3, 0.4) is 0 Å². The van der Waals surface area contributed by atoms with Crippen LogP contribution in [-0.4, -0.2) is 23.7 Å². The lowest BCUT2D eigenvalue weighted by molar-refractivity contribution is 0.0950. The molecule has 3 rings (SSSR count). The molecule has 1 aromatic heterocycles. The minimum Gasteiger partial charge on any atom is -0.480 e. The number of hydrazone groups is 1. The lowest BCUT2D eigenvalue weighted by Crippen LogP contribution is -2.34. The van der Waals surface area contributed by atoms with Crippen molar-refractivity contribution in [1.29, 1.82) is 0 Å². The van der Waals surface area contributed by atoms with Crippen molar-refractivity contribution in [3.05, 3.63) is 23.9 Å². The van der Waals surface area contributed by atoms with E-state index in [2.05, 4.69) is 36.3 Å². The molecule has 22 heavy (non-hydrogen) atoms. The molecule has 5 heteroatoms. The molecule has 2 aliphatic carbocycles. The van der Waals surface area contributed by atoms with Crippen LogP contribution in [0.4, 0.5) is 0 Å². The maximum absolute atomic E-state index is 12.3. The predicted octanol–water partition coefficient (Wildman–Crippen LogP) is 3.02. The number of carbonyl (C=O) groups excluding carboxylic acids is 1. The van der Waals surface area contributed by atoms with E-state index in [0.29, 0.717) is 17.4 Å². The van der Waals surface area contributed by atoms with Gasteiger partial charge in [0.25, 0.3) is 5.91 Å². The first kappa shape index (κ1) is 15.0. The van der Waals surface area contributed by atoms with Crippen molar-refractivity contribution >= 4 is 11.6 Å². The Kier molecular flexibility index (Phi) is 3.46. The molecule has 118 valence electrons. The summed E-state index contributed by atoms with van der Waals surface area (Å²) in [5.41, 5.74) is 4.55. The summed E-state index contributed by atoms with van der Waals surface area (Å²) in [6, 6.07) is 3.40. The van der Waals surface area contributed by atoms with E-state index in [4.69, 9.17) is 4.74 Å². The summed E-state index contributed by atoms with van der Waals surface area (Å²) in [6.07, 6.45) is 4.98. The number of amides is 1. The lowest BCUT2D eigenvalue weighted by atomic mass is 9.70. The molecule has 1 amide bonds. The molecule has 0 aliphatic heterocycles. The number of fused-ring (bicyclic) bond motifs is 2. The van der Waals surface area contributed by atoms with Crippen LogP contribution in [-0.2, 0) is 0 Å². The molecule has 0 saturated heterocycles. The van der Waals surface area contributed by atoms with E-state index in [1.165, 1.54) is 13.5 Å². The minimum absolute atomic E-state index is 0.0873. The highest BCUT2D eigenvalue weighted by molar-refractivity contribution is 5.99. The molecule has 2 atom stereocenters. The summed E-state index contributed by atoms with van der Waals surface area (Å²) in [4.78, 5) is 16.4. The second-order valence-corrected chi connectivity index (χ2v) is 7.05. The number of hydrogen-bond donors (Lipinski definition) is 1. The lowest BCUT2D eigenvalue weighted by Gasteiger charge is -2.34. The predicted molar refractivity (Wildman–Crippen MR) is 84.9 cm³/mol. The van der Waals surface area contributed by atoms with Gasteiger partial charge in [0.1, 0.15) is 5.56 Å². The van der Waals surface area contributed by atoms with Crippen LogP contribution in [0.25, 0.3) is 0 Å². The fourth-order valence-corrected chi connectivity index (χ4v) is 4.00. The quantitative estimate of drug-likeness (QED) is 0.873. The van der Waals surface area contributed by atoms with Gasteiger partial charge < -0.3 is 4.74 Å². The molecule has 1 aromatic rings. The maximum atomic E-state index is 12.3. The SMILES string of the molecule is COc1ncccc1C(=O)N/N=C1\CC2CCC1(C)C2(C)C. The standard InChI is InChI=1S/C17H23N3O2/c1-16(2)11-7-8-17(16,3)13(10-11)19-20-14(21)12-6-5-9-18-15(12)22-4/h5-6,9,11H,7-8,10H2,1-4H3,(H,20,21)/b19-13+. The van der Waals surface area contributed by atoms with Crippen molar-refractivity contribution < 1.29 is 9.53 Å². The number of nitrogens with one attached hydrogen (secondary N) is 1. The van der Waals surface area contributed by atoms with Gasteiger partial charge in [-0.05, 0) is 42.7 Å². The van der Waals surface area contributed by atoms with Gasteiger partial charge in [-0.2, -0.15) is 5.10 Å². The second kappa shape index (κ2) is 5.07. The van der Waals surface area contributed by atoms with Crippen molar-refractivity contribution in [3.63, 3.8) is 0 Å². The monoisotopic (exact) mass is 301 g/mol. The largest absolute Gasteiger partial charge is 0.480 e. The first-order valence-corrected chi connectivity index (χ1v) is 7.76. The molecule has 1 heterocycles. The summed E-state index contributed by atoms with van der Waals surface area (Å²) in [6.45, 7) is 6.91. The minimum atomic E-state index is -0.276. The van der Waals surface area contributed by atoms with Crippen LogP contribution < -0.4 is 10.2 Å². The fraction of sp³-hybridized carbons (Fsp3) is 0.588. The molecular weight excluding hydrogens is 278 g/mol. The van der Waals surface area contributed by atoms with E-state index in [9.17, 15) is 4.79 Å². The molecular formula is C17H23N3O2. The van der Waals surface area contributed by atoms with Gasteiger partial charge >= 0.3 is 0 Å². The molecule has 0 aromatic carbocycles. The van der Waals surface area contributed by atoms with Crippen LogP contribution >= 0.6 is 0 Å². The second-order valence-electron chi connectivity index (χ2n) is 7.05. The molecule has 1 N–H and O–H groups in total. The van der Waals surface area contributed by atoms with Crippen LogP contribution in [0.2, 0.25) is 0 Å². The Bertz CT molecular complexity index is 639. The van der Waals surface area contributed by atoms with E-state index in [1.54, 1.807) is 18.3 Å². The van der Waals surface area contributed by atoms with Gasteiger partial charge in [-0.1, -0.05) is 20.8 Å². The summed E-state index contributed by atoms with van der Waals surface area (Å²) >= 11 is 0. The van der Waals surface area contributed by atoms with Gasteiger partial charge in [0.05, 0.1) is 7.11 Å². The van der Waals surface area contributed by atoms with Crippen molar-refractivity contribution in [2.24, 2.45) is 21.8 Å². The number of methoxy groups -OCH3 is 1. The summed E-state index contributed by atoms with van der Waals surface area (Å²) in [7, 11) is 1.50. The molecule has 2 unspecified atom stereocenters. The zero-order chi connectivity index (χ0) is 16.0. The average molecular weight is 301 g/mol. The Hall–Kier alpha value is -1.91. The molecule has 5 nitrogen and oxygen atoms in total. The van der Waals surface area contributed by atoms with Crippen LogP contribution in [0.15, 0.2) is 23.4 Å². The van der Waals surface area contributed by atoms with Crippen LogP contribution in [0.5, 0.6) is 5.88 Å². The third-order valence-electron chi connectivity index (χ3n) is 6.01. The van der Waals surface area contributed by atoms with E-state index in [-0.39, 0.29) is 16.7 Å². The first-order chi connectivity index (χ1) is 10.4. The van der Waals surface area contributed by atoms with E-state index < -0.39 is 0 Å². The highest BCUT2D eigenvalue weighted by Gasteiger charge is 2.60. The van der Waals surface area contributed by atoms with Gasteiger partial charge in [0, 0.05) is 17.3 Å². The van der Waals surface area contributed by atoms with Crippen molar-refractivity contribution in [3.8, 4) is 5.88 Å². The van der Waals surface area contributed by atoms with Crippen LogP contribution in [0, 0.1) is 16.7 Å². The number of nitrogens with zero attached hydrogens (tertiary/aromatic N) is 2. The molecule has 2 fully saturated rings. The molecule has 2 bridgehead atoms. The number of pyridine rings is 1. The third-order valence-corrected chi connectivity index (χ3v) is 6.01. The molecule has 0 radical (unpaired) electrons. The van der Waals surface area contributed by atoms with Crippen molar-refractivity contribution in [2.45, 2.75) is 40.0 Å². The number of aromatic nitrogens is 1. The average Bonchev–Trinajstić information content (AvgIpc) is 2.85. The summed E-state index contributed by atoms with van der Waals surface area (Å²) < 4.78 is 5.12. The number of carbonyl (C=O) groups is 1. The Morgan fingerprint density at radius 1 is 1.45 bits per heavy atom. The van der Waals surface area contributed by atoms with E-state index in [1.807, 2.05) is 0 Å². The van der Waals surface area contributed by atoms with Crippen LogP contribution in [0.1, 0.15) is 50.4 Å². The van der Waals surface area contributed by atoms with Gasteiger partial charge in [-0.25, -0.2) is 10.4 Å². The first-order valence-electron chi connectivity index (χ1n) is 7.76. The van der Waals surface area contributed by atoms with Crippen molar-refractivity contribution in [1.82, 2.24) is 10.4 Å². The molecule has 2 aliphatic rings. The van der Waals surface area contributed by atoms with Gasteiger partial charge in [0.15, 0.2) is 0 Å². The van der Waals surface area contributed by atoms with Gasteiger partial charge in [-0.3, -0.25) is 4.79 Å². The zero-order valence-electron chi connectivity index (χ0n) is 13.6. The number of hydrogen-bond acceptors (Lipinski definition) is 4. The topological polar surface area (TPSA) is 63.6 Å². The normalized spacial score (nSPS) is 30.5. The molecule has 2 saturated carbocycles. The van der Waals surface area contributed by atoms with E-state index in [0.717, 1.165) is 18.6 Å². The fourth-order valence-electron chi connectivity index (χ4n) is 4.00. The number of ether oxygens (including phenoxy) is 1. The molecule has 0 spiro atoms. The summed E-state index contributed by atoms with van der Waals surface area (Å²) in [5.74, 6) is 0.711. The third kappa shape index (κ3) is 2.02. The zero-order valence-corrected chi connectivity index (χ0v) is 13.6.